The predicted molar refractivity (Wildman–Crippen MR) is 171 cm³/mol. The van der Waals surface area contributed by atoms with E-state index in [2.05, 4.69) is 30.5 Å². The van der Waals surface area contributed by atoms with Gasteiger partial charge in [-0.15, -0.1) is 0 Å². The Morgan fingerprint density at radius 2 is 1.80 bits per heavy atom. The lowest BCUT2D eigenvalue weighted by Crippen LogP contribution is -2.49. The van der Waals surface area contributed by atoms with E-state index in [-0.39, 0.29) is 23.1 Å². The number of carbonyl (C=O) groups excluding carboxylic acids is 1. The van der Waals surface area contributed by atoms with Gasteiger partial charge in [-0.2, -0.15) is 4.72 Å². The summed E-state index contributed by atoms with van der Waals surface area (Å²) < 4.78 is 28.0. The number of fused-ring (bicyclic) bond motifs is 1. The van der Waals surface area contributed by atoms with Gasteiger partial charge in [0.15, 0.2) is 0 Å². The summed E-state index contributed by atoms with van der Waals surface area (Å²) in [4.78, 5) is 37.7. The largest absolute Gasteiger partial charge is 0.480 e. The number of aliphatic carboxylic acids is 1. The van der Waals surface area contributed by atoms with Gasteiger partial charge in [-0.3, -0.25) is 9.59 Å². The Morgan fingerprint density at radius 1 is 1.07 bits per heavy atom. The van der Waals surface area contributed by atoms with Crippen LogP contribution in [0.15, 0.2) is 52.5 Å². The highest BCUT2D eigenvalue weighted by atomic mass is 35.5. The summed E-state index contributed by atoms with van der Waals surface area (Å²) in [5.41, 5.74) is 3.64. The molecular formula is C30H34Cl2N6O6S. The van der Waals surface area contributed by atoms with Crippen LogP contribution in [0.1, 0.15) is 49.9 Å². The number of aromatic amines is 1. The number of aromatic nitrogens is 2. The van der Waals surface area contributed by atoms with E-state index in [1.807, 2.05) is 0 Å². The molecular weight excluding hydrogens is 643 g/mol. The molecule has 240 valence electrons. The van der Waals surface area contributed by atoms with E-state index in [0.29, 0.717) is 27.6 Å². The molecule has 3 aromatic rings. The topological polar surface area (TPSA) is 175 Å². The fourth-order valence-corrected chi connectivity index (χ4v) is 7.07. The fraction of sp³-hybridized carbons (Fsp3) is 0.400. The Hall–Kier alpha value is -3.65. The number of unbranched alkanes of at least 4 members (excludes halogenated alkanes) is 1. The summed E-state index contributed by atoms with van der Waals surface area (Å²) in [5.74, 6) is -1.27. The molecule has 1 aromatic heterocycles. The highest BCUT2D eigenvalue weighted by Crippen LogP contribution is 2.35. The van der Waals surface area contributed by atoms with E-state index in [1.54, 1.807) is 18.2 Å². The van der Waals surface area contributed by atoms with Crippen molar-refractivity contribution in [3.8, 4) is 11.1 Å². The van der Waals surface area contributed by atoms with Gasteiger partial charge < -0.3 is 25.6 Å². The molecule has 1 amide bonds. The number of oxime groups is 1. The number of aryl methyl sites for hydroxylation is 2. The van der Waals surface area contributed by atoms with Crippen LogP contribution in [0, 0.1) is 0 Å². The molecule has 2 aromatic carbocycles. The van der Waals surface area contributed by atoms with E-state index in [1.165, 1.54) is 42.8 Å². The average molecular weight is 678 g/mol. The van der Waals surface area contributed by atoms with E-state index in [9.17, 15) is 23.1 Å². The number of carboxylic acid groups (broad SMARTS) is 1. The van der Waals surface area contributed by atoms with Gasteiger partial charge in [-0.1, -0.05) is 46.6 Å². The van der Waals surface area contributed by atoms with Crippen molar-refractivity contribution in [3.05, 3.63) is 63.9 Å². The lowest BCUT2D eigenvalue weighted by molar-refractivity contribution is -0.138. The zero-order valence-electron chi connectivity index (χ0n) is 24.3. The van der Waals surface area contributed by atoms with Gasteiger partial charge in [0.1, 0.15) is 17.9 Å². The fourth-order valence-electron chi connectivity index (χ4n) is 5.26. The van der Waals surface area contributed by atoms with Gasteiger partial charge in [-0.25, -0.2) is 13.4 Å². The number of hydrogen-bond donors (Lipinski definition) is 5. The second-order valence-corrected chi connectivity index (χ2v) is 13.5. The zero-order chi connectivity index (χ0) is 32.0. The van der Waals surface area contributed by atoms with E-state index in [4.69, 9.17) is 28.0 Å². The molecule has 0 radical (unpaired) electrons. The standard InChI is InChI=1S/C30H34Cl2N6O6S/c31-21-7-5-8-22(32)27(21)18-11-13-20(14-12-18)45(42,43)38-26(29(40)41)17-34-28(39)25-16-19(44-37-25)6-3-4-15-33-30-35-23-9-1-2-10-24(23)36-30/h5,7-8,11-14,19,26,38H,1-4,6,9-10,15-17H2,(H,34,39)(H,40,41)(H2,33,35,36). The molecule has 45 heavy (non-hydrogen) atoms. The molecule has 0 bridgehead atoms. The number of anilines is 1. The third kappa shape index (κ3) is 8.34. The Kier molecular flexibility index (Phi) is 10.6. The lowest BCUT2D eigenvalue weighted by atomic mass is 10.0. The van der Waals surface area contributed by atoms with Crippen molar-refractivity contribution in [2.24, 2.45) is 5.16 Å². The van der Waals surface area contributed by atoms with Crippen LogP contribution in [0.25, 0.3) is 11.1 Å². The minimum atomic E-state index is -4.25. The Bertz CT molecular complexity index is 1630. The first-order valence-corrected chi connectivity index (χ1v) is 17.0. The van der Waals surface area contributed by atoms with Crippen molar-refractivity contribution in [3.63, 3.8) is 0 Å². The number of carboxylic acids is 1. The molecule has 15 heteroatoms. The molecule has 1 aliphatic heterocycles. The second kappa shape index (κ2) is 14.6. The third-order valence-electron chi connectivity index (χ3n) is 7.67. The molecule has 0 saturated heterocycles. The van der Waals surface area contributed by atoms with Crippen molar-refractivity contribution < 1.29 is 28.0 Å². The molecule has 0 saturated carbocycles. The first-order valence-electron chi connectivity index (χ1n) is 14.7. The number of carbonyl (C=O) groups is 2. The van der Waals surface area contributed by atoms with Gasteiger partial charge in [0.05, 0.1) is 10.6 Å². The minimum absolute atomic E-state index is 0.125. The van der Waals surface area contributed by atoms with Crippen LogP contribution in [0.5, 0.6) is 0 Å². The predicted octanol–water partition coefficient (Wildman–Crippen LogP) is 4.54. The maximum absolute atomic E-state index is 13.0. The number of halogens is 2. The second-order valence-electron chi connectivity index (χ2n) is 11.0. The number of nitrogens with one attached hydrogen (secondary N) is 4. The number of amides is 1. The minimum Gasteiger partial charge on any atom is -0.480 e. The highest BCUT2D eigenvalue weighted by molar-refractivity contribution is 7.89. The van der Waals surface area contributed by atoms with Crippen LogP contribution in [0.4, 0.5) is 5.95 Å². The van der Waals surface area contributed by atoms with Crippen LogP contribution in [0.2, 0.25) is 10.0 Å². The molecule has 0 spiro atoms. The van der Waals surface area contributed by atoms with Gasteiger partial charge in [-0.05, 0) is 74.8 Å². The van der Waals surface area contributed by atoms with Crippen molar-refractivity contribution in [2.45, 2.75) is 68.4 Å². The number of hydrogen-bond acceptors (Lipinski definition) is 8. The number of H-pyrrole nitrogens is 1. The normalized spacial score (nSPS) is 16.8. The van der Waals surface area contributed by atoms with Crippen LogP contribution in [-0.2, 0) is 37.3 Å². The van der Waals surface area contributed by atoms with E-state index < -0.39 is 34.5 Å². The highest BCUT2D eigenvalue weighted by Gasteiger charge is 2.29. The third-order valence-corrected chi connectivity index (χ3v) is 9.79. The maximum atomic E-state index is 13.0. The molecule has 2 atom stereocenters. The van der Waals surface area contributed by atoms with E-state index in [0.717, 1.165) is 43.9 Å². The monoisotopic (exact) mass is 676 g/mol. The number of benzene rings is 2. The van der Waals surface area contributed by atoms with Gasteiger partial charge in [0.2, 0.25) is 16.0 Å². The van der Waals surface area contributed by atoms with Gasteiger partial charge >= 0.3 is 5.97 Å². The SMILES string of the molecule is O=C(NCC(NS(=O)(=O)c1ccc(-c2c(Cl)cccc2Cl)cc1)C(=O)O)C1=NOC(CCCCNc2nc3c([nH]2)CCCC3)C1. The maximum Gasteiger partial charge on any atom is 0.323 e. The summed E-state index contributed by atoms with van der Waals surface area (Å²) in [5, 5.41) is 20.1. The number of nitrogens with zero attached hydrogens (tertiary/aromatic N) is 2. The molecule has 12 nitrogen and oxygen atoms in total. The summed E-state index contributed by atoms with van der Waals surface area (Å²) in [6.45, 7) is 0.256. The summed E-state index contributed by atoms with van der Waals surface area (Å²) in [7, 11) is -4.25. The molecule has 1 aliphatic carbocycles. The quantitative estimate of drug-likeness (QED) is 0.155. The zero-order valence-corrected chi connectivity index (χ0v) is 26.6. The Balaban J connectivity index is 1.05. The van der Waals surface area contributed by atoms with Crippen molar-refractivity contribution in [1.82, 2.24) is 20.0 Å². The molecule has 5 rings (SSSR count). The van der Waals surface area contributed by atoms with Crippen molar-refractivity contribution in [1.29, 1.82) is 0 Å². The molecule has 0 fully saturated rings. The summed E-state index contributed by atoms with van der Waals surface area (Å²) in [6, 6.07) is 9.09. The Labute approximate surface area is 271 Å². The number of rotatable bonds is 14. The van der Waals surface area contributed by atoms with Crippen LogP contribution in [-0.4, -0.2) is 66.3 Å². The molecule has 2 aliphatic rings. The summed E-state index contributed by atoms with van der Waals surface area (Å²) in [6.07, 6.45) is 6.85. The van der Waals surface area contributed by atoms with Crippen LogP contribution >= 0.6 is 23.2 Å². The van der Waals surface area contributed by atoms with E-state index >= 15 is 0 Å². The first kappa shape index (κ1) is 32.7. The molecule has 2 heterocycles. The molecule has 5 N–H and O–H groups in total. The number of imidazole rings is 1. The lowest BCUT2D eigenvalue weighted by Gasteiger charge is -2.16. The first-order chi connectivity index (χ1) is 21.6. The van der Waals surface area contributed by atoms with Gasteiger partial charge in [0, 0.05) is 40.8 Å². The van der Waals surface area contributed by atoms with Gasteiger partial charge in [0.25, 0.3) is 5.91 Å². The Morgan fingerprint density at radius 3 is 2.51 bits per heavy atom. The number of sulfonamides is 1. The smallest absolute Gasteiger partial charge is 0.323 e. The average Bonchev–Trinajstić information content (AvgIpc) is 3.66. The summed E-state index contributed by atoms with van der Waals surface area (Å²) >= 11 is 12.5. The van der Waals surface area contributed by atoms with Crippen molar-refractivity contribution >= 4 is 56.8 Å². The van der Waals surface area contributed by atoms with Crippen molar-refractivity contribution in [2.75, 3.05) is 18.4 Å². The van der Waals surface area contributed by atoms with Crippen LogP contribution < -0.4 is 15.4 Å². The molecule has 2 unspecified atom stereocenters. The van der Waals surface area contributed by atoms with Crippen LogP contribution in [0.3, 0.4) is 0 Å².